The smallest absolute Gasteiger partial charge is 0.269 e. The van der Waals surface area contributed by atoms with Crippen LogP contribution in [0.5, 0.6) is 0 Å². The van der Waals surface area contributed by atoms with Crippen LogP contribution in [0.2, 0.25) is 0 Å². The van der Waals surface area contributed by atoms with Crippen molar-refractivity contribution in [1.29, 1.82) is 0 Å². The Kier molecular flexibility index (Phi) is 6.18. The number of anilines is 1. The summed E-state index contributed by atoms with van der Waals surface area (Å²) in [6.07, 6.45) is 0.912. The molecule has 3 N–H and O–H groups in total. The van der Waals surface area contributed by atoms with Crippen LogP contribution in [-0.4, -0.2) is 34.7 Å². The molecule has 1 saturated heterocycles. The van der Waals surface area contributed by atoms with Crippen LogP contribution in [0.15, 0.2) is 54.6 Å². The van der Waals surface area contributed by atoms with E-state index in [0.717, 1.165) is 5.56 Å². The lowest BCUT2D eigenvalue weighted by atomic mass is 10.0. The Morgan fingerprint density at radius 1 is 1.14 bits per heavy atom. The molecule has 2 atom stereocenters. The van der Waals surface area contributed by atoms with Gasteiger partial charge in [-0.15, -0.1) is 0 Å². The zero-order valence-electron chi connectivity index (χ0n) is 15.5. The van der Waals surface area contributed by atoms with Crippen LogP contribution >= 0.6 is 0 Å². The zero-order valence-corrected chi connectivity index (χ0v) is 15.5. The first-order valence-corrected chi connectivity index (χ1v) is 9.11. The van der Waals surface area contributed by atoms with E-state index < -0.39 is 28.8 Å². The van der Waals surface area contributed by atoms with E-state index in [9.17, 15) is 24.5 Å². The first-order valence-electron chi connectivity index (χ1n) is 9.11. The first kappa shape index (κ1) is 20.0. The molecule has 0 aromatic heterocycles. The average molecular weight is 396 g/mol. The Hall–Kier alpha value is -3.75. The van der Waals surface area contributed by atoms with Gasteiger partial charge in [-0.25, -0.2) is 0 Å². The summed E-state index contributed by atoms with van der Waals surface area (Å²) in [5, 5.41) is 18.7. The first-order chi connectivity index (χ1) is 13.9. The standard InChI is InChI=1S/C20H20N4O5/c25-18-11-10-16(22-18)19(26)23-17(12-13-4-2-1-3-5-13)20(27)21-14-6-8-15(9-7-14)24(28)29/h1-9,16-17H,10-12H2,(H,21,27)(H,22,25)(H,23,26)/t16-,17-/m0/s1. The second kappa shape index (κ2) is 8.96. The SMILES string of the molecule is O=C1CC[C@@H](C(=O)N[C@@H](Cc2ccccc2)C(=O)Nc2ccc([N+](=O)[O-])cc2)N1. The van der Waals surface area contributed by atoms with E-state index in [2.05, 4.69) is 16.0 Å². The molecular formula is C20H20N4O5. The Morgan fingerprint density at radius 3 is 2.41 bits per heavy atom. The van der Waals surface area contributed by atoms with Crippen LogP contribution < -0.4 is 16.0 Å². The van der Waals surface area contributed by atoms with Gasteiger partial charge in [0.05, 0.1) is 4.92 Å². The van der Waals surface area contributed by atoms with Gasteiger partial charge in [0.15, 0.2) is 0 Å². The number of amides is 3. The summed E-state index contributed by atoms with van der Waals surface area (Å²) >= 11 is 0. The second-order valence-electron chi connectivity index (χ2n) is 6.70. The van der Waals surface area contributed by atoms with Gasteiger partial charge in [0.25, 0.3) is 5.69 Å². The largest absolute Gasteiger partial charge is 0.344 e. The van der Waals surface area contributed by atoms with E-state index in [1.54, 1.807) is 0 Å². The minimum atomic E-state index is -0.877. The molecule has 3 rings (SSSR count). The van der Waals surface area contributed by atoms with Crippen molar-refractivity contribution in [2.45, 2.75) is 31.3 Å². The highest BCUT2D eigenvalue weighted by Gasteiger charge is 2.30. The Balaban J connectivity index is 1.72. The minimum absolute atomic E-state index is 0.0888. The average Bonchev–Trinajstić information content (AvgIpc) is 3.15. The van der Waals surface area contributed by atoms with Gasteiger partial charge < -0.3 is 16.0 Å². The molecule has 1 aliphatic heterocycles. The van der Waals surface area contributed by atoms with Crippen molar-refractivity contribution in [3.8, 4) is 0 Å². The van der Waals surface area contributed by atoms with Crippen LogP contribution in [0.3, 0.4) is 0 Å². The van der Waals surface area contributed by atoms with Crippen LogP contribution in [0.1, 0.15) is 18.4 Å². The molecule has 1 heterocycles. The maximum Gasteiger partial charge on any atom is 0.269 e. The highest BCUT2D eigenvalue weighted by atomic mass is 16.6. The van der Waals surface area contributed by atoms with E-state index in [1.165, 1.54) is 24.3 Å². The molecule has 0 radical (unpaired) electrons. The number of non-ortho nitro benzene ring substituents is 1. The van der Waals surface area contributed by atoms with Gasteiger partial charge in [0.2, 0.25) is 17.7 Å². The number of nitro groups is 1. The summed E-state index contributed by atoms with van der Waals surface area (Å²) in [6, 6.07) is 13.1. The van der Waals surface area contributed by atoms with Crippen molar-refractivity contribution >= 4 is 29.1 Å². The molecule has 0 aliphatic carbocycles. The molecule has 1 aliphatic rings. The fourth-order valence-corrected chi connectivity index (χ4v) is 3.04. The summed E-state index contributed by atoms with van der Waals surface area (Å²) in [7, 11) is 0. The number of nitrogens with zero attached hydrogens (tertiary/aromatic N) is 1. The van der Waals surface area contributed by atoms with Gasteiger partial charge in [-0.2, -0.15) is 0 Å². The molecule has 2 aromatic rings. The fraction of sp³-hybridized carbons (Fsp3) is 0.250. The normalized spacial score (nSPS) is 16.6. The monoisotopic (exact) mass is 396 g/mol. The third-order valence-corrected chi connectivity index (χ3v) is 4.57. The van der Waals surface area contributed by atoms with Crippen molar-refractivity contribution in [1.82, 2.24) is 10.6 Å². The van der Waals surface area contributed by atoms with E-state index in [4.69, 9.17) is 0 Å². The lowest BCUT2D eigenvalue weighted by Gasteiger charge is -2.20. The number of carbonyl (C=O) groups excluding carboxylic acids is 3. The quantitative estimate of drug-likeness (QED) is 0.483. The lowest BCUT2D eigenvalue weighted by molar-refractivity contribution is -0.384. The Morgan fingerprint density at radius 2 is 1.83 bits per heavy atom. The molecule has 2 aromatic carbocycles. The maximum absolute atomic E-state index is 12.8. The number of nitro benzene ring substituents is 1. The molecule has 9 heteroatoms. The van der Waals surface area contributed by atoms with Crippen molar-refractivity contribution < 1.29 is 19.3 Å². The maximum atomic E-state index is 12.8. The van der Waals surface area contributed by atoms with E-state index in [0.29, 0.717) is 12.1 Å². The summed E-state index contributed by atoms with van der Waals surface area (Å²) in [5.74, 6) is -1.07. The number of nitrogens with one attached hydrogen (secondary N) is 3. The number of rotatable bonds is 7. The summed E-state index contributed by atoms with van der Waals surface area (Å²) < 4.78 is 0. The van der Waals surface area contributed by atoms with Gasteiger partial charge in [-0.1, -0.05) is 30.3 Å². The van der Waals surface area contributed by atoms with Gasteiger partial charge in [-0.3, -0.25) is 24.5 Å². The lowest BCUT2D eigenvalue weighted by Crippen LogP contribution is -2.51. The summed E-state index contributed by atoms with van der Waals surface area (Å²) in [5.41, 5.74) is 1.14. The number of carbonyl (C=O) groups is 3. The molecule has 3 amide bonds. The third-order valence-electron chi connectivity index (χ3n) is 4.57. The molecule has 29 heavy (non-hydrogen) atoms. The molecule has 0 unspecified atom stereocenters. The Labute approximate surface area is 166 Å². The van der Waals surface area contributed by atoms with Crippen LogP contribution in [0, 0.1) is 10.1 Å². The van der Waals surface area contributed by atoms with E-state index in [-0.39, 0.29) is 24.4 Å². The highest BCUT2D eigenvalue weighted by molar-refractivity contribution is 5.99. The van der Waals surface area contributed by atoms with Crippen molar-refractivity contribution in [3.63, 3.8) is 0 Å². The van der Waals surface area contributed by atoms with Crippen molar-refractivity contribution in [3.05, 3.63) is 70.3 Å². The minimum Gasteiger partial charge on any atom is -0.344 e. The number of hydrogen-bond donors (Lipinski definition) is 3. The molecule has 9 nitrogen and oxygen atoms in total. The molecule has 150 valence electrons. The predicted molar refractivity (Wildman–Crippen MR) is 105 cm³/mol. The fourth-order valence-electron chi connectivity index (χ4n) is 3.04. The van der Waals surface area contributed by atoms with Crippen LogP contribution in [0.4, 0.5) is 11.4 Å². The highest BCUT2D eigenvalue weighted by Crippen LogP contribution is 2.16. The van der Waals surface area contributed by atoms with Crippen LogP contribution in [-0.2, 0) is 20.8 Å². The van der Waals surface area contributed by atoms with Gasteiger partial charge in [-0.05, 0) is 24.1 Å². The second-order valence-corrected chi connectivity index (χ2v) is 6.70. The molecular weight excluding hydrogens is 376 g/mol. The molecule has 1 fully saturated rings. The molecule has 0 bridgehead atoms. The van der Waals surface area contributed by atoms with Crippen LogP contribution in [0.25, 0.3) is 0 Å². The van der Waals surface area contributed by atoms with E-state index >= 15 is 0 Å². The third kappa shape index (κ3) is 5.38. The predicted octanol–water partition coefficient (Wildman–Crippen LogP) is 1.54. The number of benzene rings is 2. The topological polar surface area (TPSA) is 130 Å². The Bertz CT molecular complexity index is 914. The zero-order chi connectivity index (χ0) is 20.8. The van der Waals surface area contributed by atoms with Crippen molar-refractivity contribution in [2.24, 2.45) is 0 Å². The van der Waals surface area contributed by atoms with Crippen molar-refractivity contribution in [2.75, 3.05) is 5.32 Å². The van der Waals surface area contributed by atoms with Gasteiger partial charge in [0.1, 0.15) is 12.1 Å². The summed E-state index contributed by atoms with van der Waals surface area (Å²) in [6.45, 7) is 0. The molecule has 0 spiro atoms. The van der Waals surface area contributed by atoms with Gasteiger partial charge >= 0.3 is 0 Å². The van der Waals surface area contributed by atoms with Gasteiger partial charge in [0, 0.05) is 30.7 Å². The van der Waals surface area contributed by atoms with E-state index in [1.807, 2.05) is 30.3 Å². The molecule has 0 saturated carbocycles. The number of hydrogen-bond acceptors (Lipinski definition) is 5. The summed E-state index contributed by atoms with van der Waals surface area (Å²) in [4.78, 5) is 46.9.